The summed E-state index contributed by atoms with van der Waals surface area (Å²) >= 11 is 0. The molecule has 1 aliphatic carbocycles. The Balaban J connectivity index is 2.04. The summed E-state index contributed by atoms with van der Waals surface area (Å²) in [4.78, 5) is -0.000543. The second kappa shape index (κ2) is 5.17. The first kappa shape index (κ1) is 14.4. The molecule has 1 saturated carbocycles. The second-order valence-electron chi connectivity index (χ2n) is 4.90. The molecular formula is C13H16F2O3S. The van der Waals surface area contributed by atoms with Crippen LogP contribution in [-0.4, -0.2) is 20.9 Å². The Kier molecular flexibility index (Phi) is 3.92. The molecule has 19 heavy (non-hydrogen) atoms. The molecule has 0 aliphatic heterocycles. The Morgan fingerprint density at radius 3 is 2.47 bits per heavy atom. The summed E-state index contributed by atoms with van der Waals surface area (Å²) in [7, 11) is -3.95. The first-order chi connectivity index (χ1) is 8.81. The fraction of sp³-hybridized carbons (Fsp3) is 0.538. The molecule has 0 N–H and O–H groups in total. The fourth-order valence-corrected chi connectivity index (χ4v) is 3.10. The van der Waals surface area contributed by atoms with Crippen LogP contribution in [0.15, 0.2) is 29.2 Å². The molecule has 106 valence electrons. The van der Waals surface area contributed by atoms with Crippen molar-refractivity contribution in [3.05, 3.63) is 29.8 Å². The van der Waals surface area contributed by atoms with Crippen molar-refractivity contribution in [3.8, 4) is 0 Å². The monoisotopic (exact) mass is 290 g/mol. The maximum Gasteiger partial charge on any atom is 0.296 e. The highest BCUT2D eigenvalue weighted by Crippen LogP contribution is 2.40. The molecule has 1 aromatic carbocycles. The predicted octanol–water partition coefficient (Wildman–Crippen LogP) is 3.14. The van der Waals surface area contributed by atoms with Crippen molar-refractivity contribution >= 4 is 10.1 Å². The molecule has 2 rings (SSSR count). The van der Waals surface area contributed by atoms with E-state index in [1.54, 1.807) is 12.1 Å². The summed E-state index contributed by atoms with van der Waals surface area (Å²) in [6, 6.07) is 6.11. The van der Waals surface area contributed by atoms with E-state index in [1.165, 1.54) is 12.1 Å². The highest BCUT2D eigenvalue weighted by molar-refractivity contribution is 7.86. The SMILES string of the molecule is Cc1ccc(S(=O)(=O)OCC2CCCC2(F)F)cc1. The smallest absolute Gasteiger partial charge is 0.266 e. The molecule has 0 saturated heterocycles. The Morgan fingerprint density at radius 1 is 1.32 bits per heavy atom. The van der Waals surface area contributed by atoms with Crippen molar-refractivity contribution in [2.45, 2.75) is 37.0 Å². The van der Waals surface area contributed by atoms with Gasteiger partial charge >= 0.3 is 0 Å². The lowest BCUT2D eigenvalue weighted by Gasteiger charge is -2.18. The first-order valence-electron chi connectivity index (χ1n) is 6.15. The molecule has 1 atom stereocenters. The van der Waals surface area contributed by atoms with Crippen molar-refractivity contribution < 1.29 is 21.4 Å². The normalized spacial score (nSPS) is 22.6. The third-order valence-corrected chi connectivity index (χ3v) is 4.69. The zero-order chi connectivity index (χ0) is 14.1. The van der Waals surface area contributed by atoms with Crippen molar-refractivity contribution in [2.75, 3.05) is 6.61 Å². The zero-order valence-corrected chi connectivity index (χ0v) is 11.4. The van der Waals surface area contributed by atoms with Gasteiger partial charge in [-0.05, 0) is 31.9 Å². The fourth-order valence-electron chi connectivity index (χ4n) is 2.15. The maximum absolute atomic E-state index is 13.4. The summed E-state index contributed by atoms with van der Waals surface area (Å²) < 4.78 is 55.2. The Hall–Kier alpha value is -1.01. The van der Waals surface area contributed by atoms with E-state index >= 15 is 0 Å². The zero-order valence-electron chi connectivity index (χ0n) is 10.6. The van der Waals surface area contributed by atoms with E-state index in [2.05, 4.69) is 0 Å². The van der Waals surface area contributed by atoms with Gasteiger partial charge in [-0.25, -0.2) is 8.78 Å². The minimum atomic E-state index is -3.95. The number of hydrogen-bond donors (Lipinski definition) is 0. The molecule has 0 bridgehead atoms. The largest absolute Gasteiger partial charge is 0.296 e. The highest BCUT2D eigenvalue weighted by Gasteiger charge is 2.44. The van der Waals surface area contributed by atoms with Crippen LogP contribution in [0.5, 0.6) is 0 Å². The Bertz CT molecular complexity index is 538. The van der Waals surface area contributed by atoms with Gasteiger partial charge in [-0.3, -0.25) is 4.18 Å². The number of rotatable bonds is 4. The number of halogens is 2. The molecule has 0 heterocycles. The summed E-state index contributed by atoms with van der Waals surface area (Å²) in [5, 5.41) is 0. The van der Waals surface area contributed by atoms with E-state index in [9.17, 15) is 17.2 Å². The van der Waals surface area contributed by atoms with Crippen molar-refractivity contribution in [2.24, 2.45) is 5.92 Å². The van der Waals surface area contributed by atoms with Gasteiger partial charge in [0, 0.05) is 12.3 Å². The van der Waals surface area contributed by atoms with Gasteiger partial charge in [0.15, 0.2) is 0 Å². The molecule has 0 radical (unpaired) electrons. The van der Waals surface area contributed by atoms with Gasteiger partial charge in [-0.2, -0.15) is 8.42 Å². The van der Waals surface area contributed by atoms with Crippen LogP contribution < -0.4 is 0 Å². The number of hydrogen-bond acceptors (Lipinski definition) is 3. The van der Waals surface area contributed by atoms with E-state index in [4.69, 9.17) is 4.18 Å². The number of benzene rings is 1. The molecular weight excluding hydrogens is 274 g/mol. The lowest BCUT2D eigenvalue weighted by molar-refractivity contribution is -0.0497. The van der Waals surface area contributed by atoms with E-state index < -0.39 is 28.6 Å². The summed E-state index contributed by atoms with van der Waals surface area (Å²) in [5.41, 5.74) is 0.918. The third-order valence-electron chi connectivity index (χ3n) is 3.39. The van der Waals surface area contributed by atoms with E-state index in [-0.39, 0.29) is 11.3 Å². The number of alkyl halides is 2. The minimum Gasteiger partial charge on any atom is -0.266 e. The molecule has 0 spiro atoms. The van der Waals surface area contributed by atoms with Crippen LogP contribution >= 0.6 is 0 Å². The molecule has 1 aromatic rings. The molecule has 1 fully saturated rings. The van der Waals surface area contributed by atoms with Crippen LogP contribution in [-0.2, 0) is 14.3 Å². The Labute approximate surface area is 111 Å². The van der Waals surface area contributed by atoms with Crippen LogP contribution in [0.2, 0.25) is 0 Å². The molecule has 3 nitrogen and oxygen atoms in total. The topological polar surface area (TPSA) is 43.4 Å². The average Bonchev–Trinajstić information content (AvgIpc) is 2.66. The summed E-state index contributed by atoms with van der Waals surface area (Å²) in [6.07, 6.45) is 0.521. The highest BCUT2D eigenvalue weighted by atomic mass is 32.2. The minimum absolute atomic E-state index is 0.000543. The maximum atomic E-state index is 13.4. The summed E-state index contributed by atoms with van der Waals surface area (Å²) in [6.45, 7) is 1.37. The molecule has 0 amide bonds. The van der Waals surface area contributed by atoms with E-state index in [0.29, 0.717) is 12.8 Å². The third kappa shape index (κ3) is 3.30. The van der Waals surface area contributed by atoms with E-state index in [1.807, 2.05) is 6.92 Å². The van der Waals surface area contributed by atoms with Gasteiger partial charge < -0.3 is 0 Å². The first-order valence-corrected chi connectivity index (χ1v) is 7.56. The Morgan fingerprint density at radius 2 is 1.95 bits per heavy atom. The average molecular weight is 290 g/mol. The van der Waals surface area contributed by atoms with Crippen molar-refractivity contribution in [3.63, 3.8) is 0 Å². The van der Waals surface area contributed by atoms with Gasteiger partial charge in [-0.1, -0.05) is 17.7 Å². The van der Waals surface area contributed by atoms with Crippen molar-refractivity contribution in [1.82, 2.24) is 0 Å². The summed E-state index contributed by atoms with van der Waals surface area (Å²) in [5.74, 6) is -3.82. The molecule has 1 aliphatic rings. The van der Waals surface area contributed by atoms with Gasteiger partial charge in [0.1, 0.15) is 0 Å². The van der Waals surface area contributed by atoms with Gasteiger partial charge in [0.2, 0.25) is 0 Å². The van der Waals surface area contributed by atoms with Gasteiger partial charge in [0.05, 0.1) is 11.5 Å². The number of aryl methyl sites for hydroxylation is 1. The van der Waals surface area contributed by atoms with Crippen molar-refractivity contribution in [1.29, 1.82) is 0 Å². The van der Waals surface area contributed by atoms with Crippen LogP contribution in [0.4, 0.5) is 8.78 Å². The van der Waals surface area contributed by atoms with E-state index in [0.717, 1.165) is 5.56 Å². The van der Waals surface area contributed by atoms with Gasteiger partial charge in [0.25, 0.3) is 16.0 Å². The lowest BCUT2D eigenvalue weighted by Crippen LogP contribution is -2.27. The van der Waals surface area contributed by atoms with Crippen LogP contribution in [0.25, 0.3) is 0 Å². The lowest BCUT2D eigenvalue weighted by atomic mass is 10.1. The van der Waals surface area contributed by atoms with Gasteiger partial charge in [-0.15, -0.1) is 0 Å². The predicted molar refractivity (Wildman–Crippen MR) is 66.6 cm³/mol. The van der Waals surface area contributed by atoms with Crippen LogP contribution in [0, 0.1) is 12.8 Å². The second-order valence-corrected chi connectivity index (χ2v) is 6.52. The van der Waals surface area contributed by atoms with Crippen LogP contribution in [0.1, 0.15) is 24.8 Å². The van der Waals surface area contributed by atoms with Crippen LogP contribution in [0.3, 0.4) is 0 Å². The molecule has 1 unspecified atom stereocenters. The standard InChI is InChI=1S/C13H16F2O3S/c1-10-4-6-12(7-5-10)19(16,17)18-9-11-3-2-8-13(11,14)15/h4-7,11H,2-3,8-9H2,1H3. The molecule has 6 heteroatoms. The molecule has 0 aromatic heterocycles. The quantitative estimate of drug-likeness (QED) is 0.800.